The first-order chi connectivity index (χ1) is 19.2. The molecular formula is C30H47N3O7. The molecule has 0 aliphatic carbocycles. The van der Waals surface area contributed by atoms with Crippen molar-refractivity contribution in [3.8, 4) is 0 Å². The number of esters is 1. The van der Waals surface area contributed by atoms with Crippen LogP contribution in [-0.2, 0) is 28.7 Å². The highest BCUT2D eigenvalue weighted by molar-refractivity contribution is 5.98. The fourth-order valence-electron chi connectivity index (χ4n) is 6.38. The molecule has 1 spiro atoms. The van der Waals surface area contributed by atoms with E-state index in [-0.39, 0.29) is 30.9 Å². The molecule has 0 unspecified atom stereocenters. The summed E-state index contributed by atoms with van der Waals surface area (Å²) in [5.74, 6) is -2.69. The molecule has 3 heterocycles. The summed E-state index contributed by atoms with van der Waals surface area (Å²) in [6.07, 6.45) is 7.95. The molecule has 40 heavy (non-hydrogen) atoms. The summed E-state index contributed by atoms with van der Waals surface area (Å²) >= 11 is 0. The number of aliphatic hydroxyl groups excluding tert-OH is 1. The van der Waals surface area contributed by atoms with Crippen LogP contribution in [0.2, 0.25) is 0 Å². The Bertz CT molecular complexity index is 940. The van der Waals surface area contributed by atoms with Gasteiger partial charge in [-0.2, -0.15) is 0 Å². The number of nitrogens with one attached hydrogen (secondary N) is 1. The van der Waals surface area contributed by atoms with Crippen LogP contribution in [0.3, 0.4) is 0 Å². The molecule has 3 aliphatic heterocycles. The van der Waals surface area contributed by atoms with Gasteiger partial charge in [-0.1, -0.05) is 25.5 Å². The van der Waals surface area contributed by atoms with Crippen LogP contribution < -0.4 is 5.32 Å². The van der Waals surface area contributed by atoms with Crippen LogP contribution in [0.15, 0.2) is 25.3 Å². The van der Waals surface area contributed by atoms with E-state index in [9.17, 15) is 24.3 Å². The fraction of sp³-hybridized carbons (Fsp3) is 0.733. The van der Waals surface area contributed by atoms with Crippen LogP contribution in [0.25, 0.3) is 0 Å². The topological polar surface area (TPSA) is 125 Å². The number of aliphatic hydroxyl groups is 1. The summed E-state index contributed by atoms with van der Waals surface area (Å²) in [5, 5.41) is 12.0. The van der Waals surface area contributed by atoms with E-state index in [2.05, 4.69) is 25.4 Å². The van der Waals surface area contributed by atoms with Crippen molar-refractivity contribution in [3.63, 3.8) is 0 Å². The van der Waals surface area contributed by atoms with Crippen molar-refractivity contribution >= 4 is 23.7 Å². The zero-order valence-electron chi connectivity index (χ0n) is 24.1. The number of rotatable bonds is 18. The molecule has 0 aromatic carbocycles. The maximum absolute atomic E-state index is 14.1. The molecule has 0 radical (unpaired) electrons. The second kappa shape index (κ2) is 14.8. The molecule has 2 bridgehead atoms. The van der Waals surface area contributed by atoms with Crippen LogP contribution in [-0.4, -0.2) is 95.2 Å². The average Bonchev–Trinajstić information content (AvgIpc) is 3.58. The number of carbonyl (C=O) groups is 4. The summed E-state index contributed by atoms with van der Waals surface area (Å²) in [5.41, 5.74) is -1.08. The maximum Gasteiger partial charge on any atom is 0.312 e. The van der Waals surface area contributed by atoms with E-state index < -0.39 is 41.7 Å². The third-order valence-corrected chi connectivity index (χ3v) is 8.29. The van der Waals surface area contributed by atoms with Crippen LogP contribution >= 0.6 is 0 Å². The van der Waals surface area contributed by atoms with E-state index in [0.29, 0.717) is 58.2 Å². The van der Waals surface area contributed by atoms with E-state index in [1.165, 1.54) is 0 Å². The number of carbonyl (C=O) groups excluding carboxylic acids is 4. The highest BCUT2D eigenvalue weighted by Gasteiger charge is 2.75. The zero-order chi connectivity index (χ0) is 29.3. The summed E-state index contributed by atoms with van der Waals surface area (Å²) in [6.45, 7) is 12.7. The smallest absolute Gasteiger partial charge is 0.312 e. The van der Waals surface area contributed by atoms with Crippen molar-refractivity contribution in [1.82, 2.24) is 15.1 Å². The van der Waals surface area contributed by atoms with Crippen molar-refractivity contribution in [1.29, 1.82) is 0 Å². The molecule has 3 amide bonds. The first-order valence-electron chi connectivity index (χ1n) is 14.8. The largest absolute Gasteiger partial charge is 0.460 e. The lowest BCUT2D eigenvalue weighted by Crippen LogP contribution is -2.56. The molecule has 10 nitrogen and oxygen atoms in total. The normalized spacial score (nSPS) is 27.3. The number of nitrogens with zero attached hydrogens (tertiary/aromatic N) is 2. The second-order valence-electron chi connectivity index (χ2n) is 11.2. The van der Waals surface area contributed by atoms with Gasteiger partial charge in [-0.05, 0) is 51.9 Å². The van der Waals surface area contributed by atoms with Crippen molar-refractivity contribution in [2.75, 3.05) is 32.8 Å². The Morgan fingerprint density at radius 1 is 1.25 bits per heavy atom. The predicted molar refractivity (Wildman–Crippen MR) is 150 cm³/mol. The third-order valence-electron chi connectivity index (χ3n) is 8.29. The molecule has 2 N–H and O–H groups in total. The van der Waals surface area contributed by atoms with E-state index in [1.807, 2.05) is 0 Å². The highest BCUT2D eigenvalue weighted by atomic mass is 16.6. The van der Waals surface area contributed by atoms with Gasteiger partial charge >= 0.3 is 5.97 Å². The van der Waals surface area contributed by atoms with Gasteiger partial charge in [0.2, 0.25) is 17.7 Å². The molecule has 10 heteroatoms. The monoisotopic (exact) mass is 561 g/mol. The average molecular weight is 562 g/mol. The van der Waals surface area contributed by atoms with E-state index in [0.717, 1.165) is 19.3 Å². The summed E-state index contributed by atoms with van der Waals surface area (Å²) in [6, 6.07) is -0.819. The third kappa shape index (κ3) is 6.77. The Morgan fingerprint density at radius 2 is 2.02 bits per heavy atom. The minimum atomic E-state index is -1.08. The van der Waals surface area contributed by atoms with Gasteiger partial charge in [0.05, 0.1) is 24.5 Å². The first kappa shape index (κ1) is 31.8. The standard InChI is InChI=1S/C30H47N3O7/c1-5-8-13-23(35)31-20-21(4)39-29(38)24-22-14-15-30(40-22)25(24)27(36)33(18-11-10-12-19-34)26(30)28(37)32(16-7-3)17-9-6-2/h5,7,21-22,24-26,34H,1,3,6,8-20H2,2,4H3,(H,31,35)/t21-,22+,24-,25-,26+,30-/m1/s1. The van der Waals surface area contributed by atoms with Gasteiger partial charge in [-0.3, -0.25) is 19.2 Å². The van der Waals surface area contributed by atoms with Gasteiger partial charge in [0.25, 0.3) is 0 Å². The Kier molecular flexibility index (Phi) is 11.7. The van der Waals surface area contributed by atoms with Crippen LogP contribution in [0.5, 0.6) is 0 Å². The van der Waals surface area contributed by atoms with Gasteiger partial charge in [-0.15, -0.1) is 13.2 Å². The lowest BCUT2D eigenvalue weighted by molar-refractivity contribution is -0.159. The van der Waals surface area contributed by atoms with E-state index >= 15 is 0 Å². The quantitative estimate of drug-likeness (QED) is 0.150. The molecule has 3 rings (SSSR count). The van der Waals surface area contributed by atoms with E-state index in [4.69, 9.17) is 9.47 Å². The number of unbranched alkanes of at least 4 members (excludes halogenated alkanes) is 3. The molecule has 224 valence electrons. The molecule has 3 saturated heterocycles. The highest BCUT2D eigenvalue weighted by Crippen LogP contribution is 2.58. The number of likely N-dealkylation sites (tertiary alicyclic amines) is 1. The van der Waals surface area contributed by atoms with Crippen molar-refractivity contribution in [2.24, 2.45) is 11.8 Å². The lowest BCUT2D eigenvalue weighted by atomic mass is 9.70. The molecule has 6 atom stereocenters. The van der Waals surface area contributed by atoms with Crippen molar-refractivity contribution < 1.29 is 33.8 Å². The second-order valence-corrected chi connectivity index (χ2v) is 11.2. The fourth-order valence-corrected chi connectivity index (χ4v) is 6.38. The van der Waals surface area contributed by atoms with Crippen molar-refractivity contribution in [3.05, 3.63) is 25.3 Å². The molecule has 3 fully saturated rings. The first-order valence-corrected chi connectivity index (χ1v) is 14.8. The molecule has 0 saturated carbocycles. The Morgan fingerprint density at radius 3 is 2.70 bits per heavy atom. The Hall–Kier alpha value is -2.72. The number of ether oxygens (including phenoxy) is 2. The van der Waals surface area contributed by atoms with Gasteiger partial charge in [0.1, 0.15) is 17.7 Å². The number of hydrogen-bond acceptors (Lipinski definition) is 7. The SMILES string of the molecule is C=CCCC(=O)NC[C@@H](C)OC(=O)[C@@H]1[C@@H]2CC[C@]3(O2)[C@H](C(=O)N(CC=C)CCCC)N(CCCCCO)C(=O)[C@@H]13. The number of fused-ring (bicyclic) bond motifs is 1. The lowest BCUT2D eigenvalue weighted by Gasteiger charge is -2.36. The number of allylic oxidation sites excluding steroid dienone is 1. The van der Waals surface area contributed by atoms with Gasteiger partial charge in [-0.25, -0.2) is 0 Å². The number of amides is 3. The van der Waals surface area contributed by atoms with Crippen molar-refractivity contribution in [2.45, 2.75) is 95.5 Å². The molecule has 0 aromatic rings. The van der Waals surface area contributed by atoms with Crippen LogP contribution in [0, 0.1) is 11.8 Å². The molecular weight excluding hydrogens is 514 g/mol. The summed E-state index contributed by atoms with van der Waals surface area (Å²) < 4.78 is 12.2. The van der Waals surface area contributed by atoms with Gasteiger partial charge in [0.15, 0.2) is 0 Å². The molecule has 3 aliphatic rings. The Labute approximate surface area is 238 Å². The van der Waals surface area contributed by atoms with Crippen LogP contribution in [0.4, 0.5) is 0 Å². The minimum absolute atomic E-state index is 0.0681. The predicted octanol–water partition coefficient (Wildman–Crippen LogP) is 2.35. The van der Waals surface area contributed by atoms with E-state index in [1.54, 1.807) is 28.9 Å². The van der Waals surface area contributed by atoms with Gasteiger partial charge in [0, 0.05) is 32.7 Å². The number of hydrogen-bond donors (Lipinski definition) is 2. The van der Waals surface area contributed by atoms with Crippen LogP contribution in [0.1, 0.15) is 71.6 Å². The Balaban J connectivity index is 1.81. The molecule has 0 aromatic heterocycles. The summed E-state index contributed by atoms with van der Waals surface area (Å²) in [4.78, 5) is 56.9. The maximum atomic E-state index is 14.1. The minimum Gasteiger partial charge on any atom is -0.460 e. The van der Waals surface area contributed by atoms with Gasteiger partial charge < -0.3 is 29.7 Å². The summed E-state index contributed by atoms with van der Waals surface area (Å²) in [7, 11) is 0. The zero-order valence-corrected chi connectivity index (χ0v) is 24.1.